The van der Waals surface area contributed by atoms with Gasteiger partial charge < -0.3 is 50.7 Å². The standard InChI is InChI=1S/C61H69N7O9.C26H23NO4/c1-60(2,3)76-43-28-26-38(27-29-43)31-52(65-54(69)35-62)56(71)66-51(25-15-16-30-63-58(73)77-61(4,5)6)55(70)67-53(34-41-36-64-50-24-14-13-19-44(41)50)57(72)68(42-32-39-17-7-8-18-40(39)33-42)59(74)75-37-49-47-22-11-9-20-45(47)46-21-10-12-23-48(46)49;28-25(29)24(27-18-13-16-7-1-2-8-17(16)14-18)26(30)31-15-23-21-11-5-3-9-19(21)20-10-4-6-12-22(20)23/h7-14,17-24,26-29,36,42,49,51-52,64H,15-16,25,30-35,37,62H2,1-6H3,(H,63,73)(H,65,69)(H,66,71);1-12,18,23-24,27H,13-15H2,(H,28,29)/t51-,52-;24-/m01/s1. The van der Waals surface area contributed by atoms with Crippen LogP contribution in [-0.2, 0) is 81.5 Å². The van der Waals surface area contributed by atoms with Crippen LogP contribution in [-0.4, -0.2) is 136 Å². The van der Waals surface area contributed by atoms with E-state index in [1.165, 1.54) is 11.1 Å². The predicted octanol–water partition coefficient (Wildman–Crippen LogP) is 12.2. The molecule has 4 aliphatic carbocycles. The van der Waals surface area contributed by atoms with Crippen LogP contribution in [0.3, 0.4) is 0 Å². The lowest BCUT2D eigenvalue weighted by molar-refractivity contribution is -0.155. The van der Waals surface area contributed by atoms with Crippen LogP contribution in [0.1, 0.15) is 128 Å². The molecule has 9 aromatic rings. The summed E-state index contributed by atoms with van der Waals surface area (Å²) < 4.78 is 23.2. The molecule has 0 saturated heterocycles. The van der Waals surface area contributed by atoms with E-state index in [2.05, 4.69) is 43.4 Å². The molecular formula is C87H92N8O13. The third-order valence-electron chi connectivity index (χ3n) is 19.8. The first-order valence-electron chi connectivity index (χ1n) is 36.8. The number of benzene rings is 8. The number of carboxylic acid groups (broad SMARTS) is 1. The number of hydrogen-bond acceptors (Lipinski definition) is 14. The van der Waals surface area contributed by atoms with E-state index in [1.54, 1.807) is 51.2 Å². The number of hydrogen-bond donors (Lipinski definition) is 7. The SMILES string of the molecule is CC(C)(C)OC(=O)NCCCC[C@H](NC(=O)[C@H](Cc1ccc(OC(C)(C)C)cc1)NC(=O)CN)C(=O)N=C(Cc1c[nH]c2ccccc12)C(=O)N(C(=O)OCC1c2ccccc2-c2ccccc21)C1Cc2ccccc2C1.O=C(O)[C@@H](NC1Cc2ccccc2C1)C(=O)OCC1c2ccccc2-c2ccccc21. The van der Waals surface area contributed by atoms with E-state index in [0.29, 0.717) is 55.4 Å². The maximum Gasteiger partial charge on any atom is 0.417 e. The average molecular weight is 1460 g/mol. The van der Waals surface area contributed by atoms with Crippen molar-refractivity contribution in [1.29, 1.82) is 0 Å². The van der Waals surface area contributed by atoms with Crippen LogP contribution < -0.4 is 31.7 Å². The largest absolute Gasteiger partial charge is 0.488 e. The first-order chi connectivity index (χ1) is 51.9. The summed E-state index contributed by atoms with van der Waals surface area (Å²) in [5.41, 5.74) is 19.3. The molecule has 0 bridgehead atoms. The Morgan fingerprint density at radius 1 is 0.593 bits per heavy atom. The number of ether oxygens (including phenoxy) is 4. The van der Waals surface area contributed by atoms with Gasteiger partial charge in [-0.1, -0.05) is 176 Å². The number of imide groups is 1. The molecule has 4 aliphatic rings. The Morgan fingerprint density at radius 2 is 1.10 bits per heavy atom. The Labute approximate surface area is 628 Å². The number of fused-ring (bicyclic) bond motifs is 9. The molecule has 8 aromatic carbocycles. The number of aliphatic imine (C=N–C) groups is 1. The Hall–Kier alpha value is -11.6. The van der Waals surface area contributed by atoms with Crippen LogP contribution in [0, 0.1) is 0 Å². The summed E-state index contributed by atoms with van der Waals surface area (Å²) in [6.07, 6.45) is 2.90. The smallest absolute Gasteiger partial charge is 0.417 e. The summed E-state index contributed by atoms with van der Waals surface area (Å²) in [6, 6.07) is 57.8. The van der Waals surface area contributed by atoms with Crippen LogP contribution in [0.2, 0.25) is 0 Å². The maximum atomic E-state index is 15.6. The van der Waals surface area contributed by atoms with Gasteiger partial charge in [0.1, 0.15) is 48.0 Å². The number of carbonyl (C=O) groups excluding carboxylic acids is 7. The third-order valence-corrected chi connectivity index (χ3v) is 19.8. The number of esters is 1. The predicted molar refractivity (Wildman–Crippen MR) is 412 cm³/mol. The zero-order chi connectivity index (χ0) is 76.2. The maximum absolute atomic E-state index is 15.6. The van der Waals surface area contributed by atoms with Gasteiger partial charge in [0, 0.05) is 54.4 Å². The fourth-order valence-electron chi connectivity index (χ4n) is 14.8. The number of carboxylic acids is 1. The monoisotopic (exact) mass is 1460 g/mol. The number of nitrogens with zero attached hydrogens (tertiary/aromatic N) is 2. The molecule has 0 fully saturated rings. The minimum atomic E-state index is -1.38. The van der Waals surface area contributed by atoms with Crippen molar-refractivity contribution in [3.63, 3.8) is 0 Å². The number of rotatable bonds is 25. The molecule has 1 heterocycles. The van der Waals surface area contributed by atoms with Crippen molar-refractivity contribution in [2.75, 3.05) is 26.3 Å². The minimum absolute atomic E-state index is 0.0169. The molecule has 0 radical (unpaired) electrons. The zero-order valence-electron chi connectivity index (χ0n) is 61.6. The molecule has 3 atom stereocenters. The highest BCUT2D eigenvalue weighted by atomic mass is 16.6. The number of amides is 6. The van der Waals surface area contributed by atoms with Crippen molar-refractivity contribution in [2.45, 2.75) is 153 Å². The molecule has 0 aliphatic heterocycles. The van der Waals surface area contributed by atoms with Gasteiger partial charge in [0.2, 0.25) is 17.9 Å². The Balaban J connectivity index is 0.000000290. The van der Waals surface area contributed by atoms with E-state index in [0.717, 1.165) is 71.4 Å². The molecular weight excluding hydrogens is 1360 g/mol. The first kappa shape index (κ1) is 76.1. The lowest BCUT2D eigenvalue weighted by atomic mass is 9.98. The van der Waals surface area contributed by atoms with Gasteiger partial charge in [-0.25, -0.2) is 29.1 Å². The Morgan fingerprint density at radius 3 is 1.63 bits per heavy atom. The summed E-state index contributed by atoms with van der Waals surface area (Å²) in [5.74, 6) is -4.72. The topological polar surface area (TPSA) is 299 Å². The van der Waals surface area contributed by atoms with Crippen molar-refractivity contribution in [3.05, 3.63) is 256 Å². The van der Waals surface area contributed by atoms with Crippen molar-refractivity contribution < 1.29 is 62.4 Å². The fourth-order valence-corrected chi connectivity index (χ4v) is 14.8. The van der Waals surface area contributed by atoms with Crippen molar-refractivity contribution in [3.8, 4) is 28.0 Å². The number of nitrogens with one attached hydrogen (secondary N) is 5. The van der Waals surface area contributed by atoms with Crippen LogP contribution in [0.5, 0.6) is 5.75 Å². The normalized spacial score (nSPS) is 14.6. The summed E-state index contributed by atoms with van der Waals surface area (Å²) >= 11 is 0. The van der Waals surface area contributed by atoms with Crippen molar-refractivity contribution >= 4 is 64.4 Å². The average Bonchev–Trinajstić information content (AvgIpc) is 1.62. The highest BCUT2D eigenvalue weighted by Gasteiger charge is 2.41. The molecule has 21 nitrogen and oxygen atoms in total. The molecule has 6 amide bonds. The molecule has 1 aromatic heterocycles. The van der Waals surface area contributed by atoms with Gasteiger partial charge in [-0.15, -0.1) is 0 Å². The molecule has 558 valence electrons. The zero-order valence-corrected chi connectivity index (χ0v) is 61.6. The second-order valence-electron chi connectivity index (χ2n) is 29.8. The van der Waals surface area contributed by atoms with E-state index in [4.69, 9.17) is 24.7 Å². The van der Waals surface area contributed by atoms with Crippen molar-refractivity contribution in [2.24, 2.45) is 10.7 Å². The number of alkyl carbamates (subject to hydrolysis) is 1. The molecule has 21 heteroatoms. The van der Waals surface area contributed by atoms with Gasteiger partial charge in [-0.2, -0.15) is 0 Å². The minimum Gasteiger partial charge on any atom is -0.488 e. The van der Waals surface area contributed by atoms with Gasteiger partial charge in [-0.3, -0.25) is 24.5 Å². The number of unbranched alkanes of at least 4 members (excludes halogenated alkanes) is 1. The summed E-state index contributed by atoms with van der Waals surface area (Å²) in [4.78, 5) is 119. The Kier molecular flexibility index (Phi) is 23.9. The van der Waals surface area contributed by atoms with Crippen LogP contribution in [0.4, 0.5) is 9.59 Å². The quantitative estimate of drug-likeness (QED) is 0.00920. The first-order valence-corrected chi connectivity index (χ1v) is 36.8. The molecule has 0 spiro atoms. The fraction of sp³-hybridized carbons (Fsp3) is 0.322. The van der Waals surface area contributed by atoms with Gasteiger partial charge >= 0.3 is 24.1 Å². The second-order valence-corrected chi connectivity index (χ2v) is 29.8. The second kappa shape index (κ2) is 33.9. The number of nitrogens with two attached hydrogens (primary N) is 1. The van der Waals surface area contributed by atoms with Gasteiger partial charge in [0.15, 0.2) is 0 Å². The highest BCUT2D eigenvalue weighted by Crippen LogP contribution is 2.46. The van der Waals surface area contributed by atoms with Crippen molar-refractivity contribution in [1.82, 2.24) is 31.2 Å². The van der Waals surface area contributed by atoms with Crippen LogP contribution in [0.15, 0.2) is 205 Å². The van der Waals surface area contributed by atoms with E-state index >= 15 is 9.59 Å². The highest BCUT2D eigenvalue weighted by molar-refractivity contribution is 6.43. The summed E-state index contributed by atoms with van der Waals surface area (Å²) in [5, 5.41) is 21.7. The molecule has 13 rings (SSSR count). The molecule has 0 unspecified atom stereocenters. The lowest BCUT2D eigenvalue weighted by Gasteiger charge is -2.28. The number of carbonyl (C=O) groups is 8. The number of aliphatic carboxylic acids is 1. The molecule has 108 heavy (non-hydrogen) atoms. The Bertz CT molecular complexity index is 4700. The lowest BCUT2D eigenvalue weighted by Crippen LogP contribution is -2.53. The van der Waals surface area contributed by atoms with Crippen LogP contribution >= 0.6 is 0 Å². The van der Waals surface area contributed by atoms with Gasteiger partial charge in [-0.05, 0) is 183 Å². The molecule has 0 saturated carbocycles. The summed E-state index contributed by atoms with van der Waals surface area (Å²) in [6.45, 7) is 10.9. The molecule has 8 N–H and O–H groups in total. The van der Waals surface area contributed by atoms with Gasteiger partial charge in [0.05, 0.1) is 12.6 Å². The number of aromatic nitrogens is 1. The number of aromatic amines is 1. The number of H-pyrrole nitrogens is 1. The van der Waals surface area contributed by atoms with E-state index in [1.807, 2.05) is 178 Å². The van der Waals surface area contributed by atoms with E-state index in [-0.39, 0.29) is 62.6 Å². The van der Waals surface area contributed by atoms with Gasteiger partial charge in [0.25, 0.3) is 11.8 Å². The third kappa shape index (κ3) is 18.6. The van der Waals surface area contributed by atoms with Crippen LogP contribution in [0.25, 0.3) is 33.2 Å². The van der Waals surface area contributed by atoms with E-state index < -0.39 is 89.7 Å². The van der Waals surface area contributed by atoms with E-state index in [9.17, 15) is 33.9 Å². The number of para-hydroxylation sites is 1. The summed E-state index contributed by atoms with van der Waals surface area (Å²) in [7, 11) is 0.